The highest BCUT2D eigenvalue weighted by molar-refractivity contribution is 5.89. The first-order chi connectivity index (χ1) is 8.15. The molecule has 3 nitrogen and oxygen atoms in total. The Morgan fingerprint density at radius 3 is 2.65 bits per heavy atom. The van der Waals surface area contributed by atoms with E-state index in [0.717, 1.165) is 19.3 Å². The van der Waals surface area contributed by atoms with Gasteiger partial charge in [0, 0.05) is 5.69 Å². The topological polar surface area (TPSA) is 52.3 Å². The van der Waals surface area contributed by atoms with Crippen molar-refractivity contribution in [1.29, 1.82) is 0 Å². The lowest BCUT2D eigenvalue weighted by Crippen LogP contribution is -2.24. The molecule has 0 amide bonds. The van der Waals surface area contributed by atoms with Crippen LogP contribution in [0.1, 0.15) is 43.0 Å². The highest BCUT2D eigenvalue weighted by Crippen LogP contribution is 2.26. The van der Waals surface area contributed by atoms with Crippen LogP contribution in [0.2, 0.25) is 0 Å². The summed E-state index contributed by atoms with van der Waals surface area (Å²) < 4.78 is 5.51. The molecule has 0 aliphatic heterocycles. The van der Waals surface area contributed by atoms with Crippen LogP contribution in [0, 0.1) is 5.92 Å². The molecule has 2 unspecified atom stereocenters. The van der Waals surface area contributed by atoms with E-state index in [1.807, 2.05) is 0 Å². The van der Waals surface area contributed by atoms with Crippen molar-refractivity contribution in [1.82, 2.24) is 0 Å². The van der Waals surface area contributed by atoms with Crippen LogP contribution in [0.5, 0.6) is 0 Å². The number of nitrogens with two attached hydrogens (primary N) is 1. The Morgan fingerprint density at radius 2 is 2.00 bits per heavy atom. The van der Waals surface area contributed by atoms with Gasteiger partial charge in [-0.05, 0) is 49.4 Å². The van der Waals surface area contributed by atoms with Crippen LogP contribution >= 0.6 is 0 Å². The molecule has 2 atom stereocenters. The third kappa shape index (κ3) is 3.22. The number of ether oxygens (including phenoxy) is 1. The molecule has 0 saturated heterocycles. The summed E-state index contributed by atoms with van der Waals surface area (Å²) in [6.07, 6.45) is 4.46. The van der Waals surface area contributed by atoms with Gasteiger partial charge in [0.05, 0.1) is 5.56 Å². The Balaban J connectivity index is 1.94. The molecule has 2 N–H and O–H groups in total. The molecule has 1 aliphatic carbocycles. The van der Waals surface area contributed by atoms with Gasteiger partial charge in [-0.25, -0.2) is 4.79 Å². The van der Waals surface area contributed by atoms with Crippen LogP contribution in [-0.2, 0) is 4.74 Å². The lowest BCUT2D eigenvalue weighted by molar-refractivity contribution is 0.0155. The van der Waals surface area contributed by atoms with Gasteiger partial charge in [0.1, 0.15) is 6.10 Å². The number of hydrogen-bond donors (Lipinski definition) is 1. The predicted molar refractivity (Wildman–Crippen MR) is 67.7 cm³/mol. The number of carbonyl (C=O) groups is 1. The third-order valence-corrected chi connectivity index (χ3v) is 3.31. The predicted octanol–water partition coefficient (Wildman–Crippen LogP) is 3.00. The summed E-state index contributed by atoms with van der Waals surface area (Å²) in [4.78, 5) is 11.9. The maximum atomic E-state index is 11.9. The lowest BCUT2D eigenvalue weighted by Gasteiger charge is -2.26. The zero-order valence-corrected chi connectivity index (χ0v) is 10.2. The van der Waals surface area contributed by atoms with E-state index in [9.17, 15) is 4.79 Å². The molecule has 0 spiro atoms. The second kappa shape index (κ2) is 5.21. The molecule has 17 heavy (non-hydrogen) atoms. The third-order valence-electron chi connectivity index (χ3n) is 3.31. The minimum absolute atomic E-state index is 0.0869. The van der Waals surface area contributed by atoms with Crippen LogP contribution in [-0.4, -0.2) is 12.1 Å². The second-order valence-electron chi connectivity index (χ2n) is 4.92. The molecule has 92 valence electrons. The van der Waals surface area contributed by atoms with E-state index in [1.54, 1.807) is 24.3 Å². The number of nitrogen functional groups attached to an aromatic ring is 1. The standard InChI is InChI=1S/C14H19NO2/c1-10-3-2-4-13(9-10)17-14(16)11-5-7-12(15)8-6-11/h5-8,10,13H,2-4,9,15H2,1H3. The second-order valence-corrected chi connectivity index (χ2v) is 4.92. The Bertz CT molecular complexity index is 386. The zero-order chi connectivity index (χ0) is 12.3. The summed E-state index contributed by atoms with van der Waals surface area (Å²) >= 11 is 0. The summed E-state index contributed by atoms with van der Waals surface area (Å²) in [5.74, 6) is 0.428. The molecule has 0 aromatic heterocycles. The van der Waals surface area contributed by atoms with Gasteiger partial charge in [-0.3, -0.25) is 0 Å². The summed E-state index contributed by atoms with van der Waals surface area (Å²) in [5.41, 5.74) is 6.82. The maximum Gasteiger partial charge on any atom is 0.338 e. The van der Waals surface area contributed by atoms with Crippen molar-refractivity contribution in [3.63, 3.8) is 0 Å². The Hall–Kier alpha value is -1.51. The van der Waals surface area contributed by atoms with Crippen LogP contribution in [0.25, 0.3) is 0 Å². The molecule has 1 aliphatic rings. The molecule has 2 rings (SSSR count). The fourth-order valence-corrected chi connectivity index (χ4v) is 2.32. The van der Waals surface area contributed by atoms with Crippen LogP contribution in [0.15, 0.2) is 24.3 Å². The smallest absolute Gasteiger partial charge is 0.338 e. The zero-order valence-electron chi connectivity index (χ0n) is 10.2. The summed E-state index contributed by atoms with van der Waals surface area (Å²) in [6, 6.07) is 6.87. The van der Waals surface area contributed by atoms with Crippen molar-refractivity contribution >= 4 is 11.7 Å². The molecule has 0 bridgehead atoms. The minimum Gasteiger partial charge on any atom is -0.459 e. The highest BCUT2D eigenvalue weighted by atomic mass is 16.5. The van der Waals surface area contributed by atoms with E-state index in [4.69, 9.17) is 10.5 Å². The van der Waals surface area contributed by atoms with E-state index < -0.39 is 0 Å². The van der Waals surface area contributed by atoms with Crippen molar-refractivity contribution in [2.24, 2.45) is 5.92 Å². The Kier molecular flexibility index (Phi) is 3.67. The fourth-order valence-electron chi connectivity index (χ4n) is 2.32. The molecule has 3 heteroatoms. The molecule has 1 aromatic rings. The monoisotopic (exact) mass is 233 g/mol. The normalized spacial score (nSPS) is 24.3. The average molecular weight is 233 g/mol. The van der Waals surface area contributed by atoms with Gasteiger partial charge in [-0.1, -0.05) is 13.3 Å². The lowest BCUT2D eigenvalue weighted by atomic mass is 9.89. The van der Waals surface area contributed by atoms with Gasteiger partial charge in [0.2, 0.25) is 0 Å². The fraction of sp³-hybridized carbons (Fsp3) is 0.500. The van der Waals surface area contributed by atoms with Crippen molar-refractivity contribution in [2.45, 2.75) is 38.7 Å². The van der Waals surface area contributed by atoms with Crippen LogP contribution in [0.4, 0.5) is 5.69 Å². The molecule has 1 fully saturated rings. The van der Waals surface area contributed by atoms with Gasteiger partial charge >= 0.3 is 5.97 Å². The first-order valence-corrected chi connectivity index (χ1v) is 6.21. The molecular formula is C14H19NO2. The van der Waals surface area contributed by atoms with Gasteiger partial charge in [0.15, 0.2) is 0 Å². The van der Waals surface area contributed by atoms with Gasteiger partial charge in [-0.2, -0.15) is 0 Å². The summed E-state index contributed by atoms with van der Waals surface area (Å²) in [6.45, 7) is 2.21. The van der Waals surface area contributed by atoms with Crippen LogP contribution < -0.4 is 5.73 Å². The molecule has 0 heterocycles. The van der Waals surface area contributed by atoms with Crippen molar-refractivity contribution in [3.8, 4) is 0 Å². The van der Waals surface area contributed by atoms with Gasteiger partial charge < -0.3 is 10.5 Å². The Morgan fingerprint density at radius 1 is 1.29 bits per heavy atom. The number of carbonyl (C=O) groups excluding carboxylic acids is 1. The van der Waals surface area contributed by atoms with E-state index >= 15 is 0 Å². The number of esters is 1. The Labute approximate surface area is 102 Å². The molecule has 1 aromatic carbocycles. The van der Waals surface area contributed by atoms with Crippen molar-refractivity contribution in [2.75, 3.05) is 5.73 Å². The number of anilines is 1. The molecule has 1 saturated carbocycles. The molecule has 0 radical (unpaired) electrons. The SMILES string of the molecule is CC1CCCC(OC(=O)c2ccc(N)cc2)C1. The van der Waals surface area contributed by atoms with Gasteiger partial charge in [0.25, 0.3) is 0 Å². The maximum absolute atomic E-state index is 11.9. The number of benzene rings is 1. The molecular weight excluding hydrogens is 214 g/mol. The van der Waals surface area contributed by atoms with Crippen LogP contribution in [0.3, 0.4) is 0 Å². The first kappa shape index (κ1) is 12.0. The highest BCUT2D eigenvalue weighted by Gasteiger charge is 2.22. The average Bonchev–Trinajstić information content (AvgIpc) is 2.29. The summed E-state index contributed by atoms with van der Waals surface area (Å²) in [7, 11) is 0. The van der Waals surface area contributed by atoms with E-state index in [-0.39, 0.29) is 12.1 Å². The van der Waals surface area contributed by atoms with Gasteiger partial charge in [-0.15, -0.1) is 0 Å². The number of hydrogen-bond acceptors (Lipinski definition) is 3. The number of rotatable bonds is 2. The first-order valence-electron chi connectivity index (χ1n) is 6.21. The summed E-state index contributed by atoms with van der Waals surface area (Å²) in [5, 5.41) is 0. The van der Waals surface area contributed by atoms with Crippen molar-refractivity contribution in [3.05, 3.63) is 29.8 Å². The van der Waals surface area contributed by atoms with E-state index in [2.05, 4.69) is 6.92 Å². The largest absolute Gasteiger partial charge is 0.459 e. The van der Waals surface area contributed by atoms with E-state index in [1.165, 1.54) is 6.42 Å². The quantitative estimate of drug-likeness (QED) is 0.631. The van der Waals surface area contributed by atoms with Crippen molar-refractivity contribution < 1.29 is 9.53 Å². The minimum atomic E-state index is -0.232. The van der Waals surface area contributed by atoms with E-state index in [0.29, 0.717) is 17.2 Å².